The monoisotopic (exact) mass is 599 g/mol. The first-order valence-corrected chi connectivity index (χ1v) is 16.5. The highest BCUT2D eigenvalue weighted by Gasteiger charge is 2.56. The van der Waals surface area contributed by atoms with Crippen LogP contribution < -0.4 is 0 Å². The van der Waals surface area contributed by atoms with Crippen molar-refractivity contribution >= 4 is 6.09 Å². The van der Waals surface area contributed by atoms with Crippen molar-refractivity contribution in [1.82, 2.24) is 24.8 Å². The maximum absolute atomic E-state index is 13.0. The Morgan fingerprint density at radius 1 is 0.800 bits per heavy atom. The zero-order valence-electron chi connectivity index (χ0n) is 26.8. The number of carbonyl (C=O) groups is 1. The molecule has 0 unspecified atom stereocenters. The van der Waals surface area contributed by atoms with E-state index in [-0.39, 0.29) is 18.2 Å². The van der Waals surface area contributed by atoms with Crippen molar-refractivity contribution in [2.75, 3.05) is 0 Å². The second-order valence-corrected chi connectivity index (χ2v) is 14.8. The van der Waals surface area contributed by atoms with E-state index < -0.39 is 5.60 Å². The topological polar surface area (TPSA) is 86.9 Å². The normalized spacial score (nSPS) is 26.2. The maximum atomic E-state index is 13.0. The van der Waals surface area contributed by atoms with Crippen molar-refractivity contribution in [3.63, 3.8) is 0 Å². The molecular formula is C38H41N5O2. The van der Waals surface area contributed by atoms with Gasteiger partial charge in [-0.25, -0.2) is 14.8 Å². The Morgan fingerprint density at radius 3 is 1.96 bits per heavy atom. The number of hydrogen-bond donors (Lipinski definition) is 2. The number of aromatic amines is 2. The summed E-state index contributed by atoms with van der Waals surface area (Å²) in [6.45, 7) is 9.94. The second-order valence-electron chi connectivity index (χ2n) is 14.8. The number of aryl methyl sites for hydroxylation is 2. The number of rotatable bonds is 4. The molecule has 2 aromatic heterocycles. The van der Waals surface area contributed by atoms with Gasteiger partial charge in [0.2, 0.25) is 0 Å². The first-order chi connectivity index (χ1) is 21.6. The van der Waals surface area contributed by atoms with Crippen LogP contribution in [0.4, 0.5) is 4.79 Å². The fraction of sp³-hybridized carbons (Fsp3) is 0.447. The van der Waals surface area contributed by atoms with Crippen LogP contribution in [-0.4, -0.2) is 42.6 Å². The minimum Gasteiger partial charge on any atom is -0.444 e. The van der Waals surface area contributed by atoms with Crippen molar-refractivity contribution < 1.29 is 9.53 Å². The number of fused-ring (bicyclic) bond motifs is 2. The van der Waals surface area contributed by atoms with E-state index in [0.29, 0.717) is 11.8 Å². The van der Waals surface area contributed by atoms with Gasteiger partial charge in [0.25, 0.3) is 0 Å². The third kappa shape index (κ3) is 5.45. The Bertz CT molecular complexity index is 1860. The van der Waals surface area contributed by atoms with Gasteiger partial charge in [0.05, 0.1) is 17.4 Å². The Labute approximate surface area is 265 Å². The number of piperidine rings is 1. The molecule has 0 bridgehead atoms. The van der Waals surface area contributed by atoms with Crippen LogP contribution in [0.3, 0.4) is 0 Å². The summed E-state index contributed by atoms with van der Waals surface area (Å²) >= 11 is 0. The third-order valence-corrected chi connectivity index (χ3v) is 10.2. The molecule has 4 fully saturated rings. The van der Waals surface area contributed by atoms with Gasteiger partial charge in [-0.05, 0) is 120 Å². The molecule has 7 nitrogen and oxygen atoms in total. The largest absolute Gasteiger partial charge is 0.444 e. The standard InChI is InChI=1S/C38H41N5O2/c1-21-12-25(31-19-39-35(41-31)30-15-27-14-28(27)16-30)10-8-23(21)6-7-24-9-11-26(13-22(24)2)32-20-40-36(42-32)34-18-29-17-33(29)43(34)37(44)45-38(3,4)5/h8-13,19-20,27-30,33-34H,14-18H2,1-5H3,(H,39,41)(H,40,42)/t27-,28+,29-,30-,33-,34-/m1/s1. The van der Waals surface area contributed by atoms with Gasteiger partial charge < -0.3 is 14.7 Å². The quantitative estimate of drug-likeness (QED) is 0.232. The summed E-state index contributed by atoms with van der Waals surface area (Å²) in [7, 11) is 0. The first kappa shape index (κ1) is 28.2. The summed E-state index contributed by atoms with van der Waals surface area (Å²) in [5.74, 6) is 11.8. The Kier molecular flexibility index (Phi) is 6.50. The molecule has 8 rings (SSSR count). The van der Waals surface area contributed by atoms with E-state index in [0.717, 1.165) is 81.1 Å². The number of imidazole rings is 2. The van der Waals surface area contributed by atoms with Crippen molar-refractivity contribution in [3.8, 4) is 34.4 Å². The van der Waals surface area contributed by atoms with Crippen molar-refractivity contribution in [1.29, 1.82) is 0 Å². The molecule has 7 heteroatoms. The van der Waals surface area contributed by atoms with Crippen molar-refractivity contribution in [3.05, 3.63) is 82.7 Å². The number of benzene rings is 2. The Hall–Kier alpha value is -4.31. The highest BCUT2D eigenvalue weighted by atomic mass is 16.6. The van der Waals surface area contributed by atoms with Crippen LogP contribution >= 0.6 is 0 Å². The highest BCUT2D eigenvalue weighted by molar-refractivity contribution is 5.71. The van der Waals surface area contributed by atoms with Crippen molar-refractivity contribution in [2.24, 2.45) is 17.8 Å². The summed E-state index contributed by atoms with van der Waals surface area (Å²) in [6.07, 6.45) is 9.75. The van der Waals surface area contributed by atoms with Gasteiger partial charge in [-0.1, -0.05) is 24.0 Å². The average molecular weight is 600 g/mol. The molecule has 6 atom stereocenters. The molecule has 0 spiro atoms. The second kappa shape index (κ2) is 10.4. The minimum atomic E-state index is -0.522. The first-order valence-electron chi connectivity index (χ1n) is 16.5. The van der Waals surface area contributed by atoms with Gasteiger partial charge in [0.1, 0.15) is 17.2 Å². The molecule has 3 heterocycles. The molecule has 4 aliphatic rings. The van der Waals surface area contributed by atoms with Crippen LogP contribution in [0, 0.1) is 43.4 Å². The van der Waals surface area contributed by atoms with E-state index in [1.54, 1.807) is 0 Å². The van der Waals surface area contributed by atoms with Gasteiger partial charge in [-0.2, -0.15) is 0 Å². The number of H-pyrrole nitrogens is 2. The van der Waals surface area contributed by atoms with Crippen LogP contribution in [0.15, 0.2) is 48.8 Å². The minimum absolute atomic E-state index is 0.0777. The Balaban J connectivity index is 0.958. The van der Waals surface area contributed by atoms with E-state index in [1.807, 2.05) is 31.9 Å². The van der Waals surface area contributed by atoms with Crippen LogP contribution in [0.1, 0.15) is 98.7 Å². The lowest BCUT2D eigenvalue weighted by atomic mass is 10.0. The lowest BCUT2D eigenvalue weighted by molar-refractivity contribution is 0.0175. The maximum Gasteiger partial charge on any atom is 0.411 e. The number of aromatic nitrogens is 4. The molecule has 45 heavy (non-hydrogen) atoms. The highest BCUT2D eigenvalue weighted by Crippen LogP contribution is 2.57. The number of ether oxygens (including phenoxy) is 1. The lowest BCUT2D eigenvalue weighted by Gasteiger charge is -2.29. The lowest BCUT2D eigenvalue weighted by Crippen LogP contribution is -2.38. The van der Waals surface area contributed by atoms with Gasteiger partial charge in [-0.15, -0.1) is 0 Å². The molecule has 3 saturated carbocycles. The molecule has 230 valence electrons. The fourth-order valence-corrected chi connectivity index (χ4v) is 7.63. The average Bonchev–Trinajstić information content (AvgIpc) is 3.57. The van der Waals surface area contributed by atoms with Gasteiger partial charge >= 0.3 is 6.09 Å². The molecule has 0 radical (unpaired) electrons. The Morgan fingerprint density at radius 2 is 1.38 bits per heavy atom. The van der Waals surface area contributed by atoms with Gasteiger partial charge in [-0.3, -0.25) is 4.90 Å². The molecule has 4 aromatic rings. The predicted molar refractivity (Wildman–Crippen MR) is 174 cm³/mol. The van der Waals surface area contributed by atoms with E-state index >= 15 is 0 Å². The smallest absolute Gasteiger partial charge is 0.411 e. The zero-order chi connectivity index (χ0) is 31.0. The van der Waals surface area contributed by atoms with Crippen LogP contribution in [0.5, 0.6) is 0 Å². The van der Waals surface area contributed by atoms with E-state index in [2.05, 4.69) is 78.3 Å². The van der Waals surface area contributed by atoms with Crippen molar-refractivity contribution in [2.45, 2.75) is 90.3 Å². The molecule has 3 aliphatic carbocycles. The summed E-state index contributed by atoms with van der Waals surface area (Å²) in [4.78, 5) is 31.6. The molecule has 1 aliphatic heterocycles. The molecule has 1 saturated heterocycles. The van der Waals surface area contributed by atoms with Gasteiger partial charge in [0, 0.05) is 46.6 Å². The number of amides is 1. The van der Waals surface area contributed by atoms with Crippen LogP contribution in [0.2, 0.25) is 0 Å². The number of nitrogens with one attached hydrogen (secondary N) is 2. The summed E-state index contributed by atoms with van der Waals surface area (Å²) in [6, 6.07) is 12.9. The fourth-order valence-electron chi connectivity index (χ4n) is 7.63. The van der Waals surface area contributed by atoms with Crippen LogP contribution in [-0.2, 0) is 4.74 Å². The van der Waals surface area contributed by atoms with E-state index in [1.165, 1.54) is 19.3 Å². The number of likely N-dealkylation sites (tertiary alicyclic amines) is 1. The van der Waals surface area contributed by atoms with E-state index in [4.69, 9.17) is 14.7 Å². The summed E-state index contributed by atoms with van der Waals surface area (Å²) in [5.41, 5.74) is 7.80. The molecule has 2 N–H and O–H groups in total. The molecular weight excluding hydrogens is 558 g/mol. The summed E-state index contributed by atoms with van der Waals surface area (Å²) < 4.78 is 5.73. The third-order valence-electron chi connectivity index (χ3n) is 10.2. The summed E-state index contributed by atoms with van der Waals surface area (Å²) in [5, 5.41) is 0. The number of nitrogens with zero attached hydrogens (tertiary/aromatic N) is 3. The number of carbonyl (C=O) groups excluding carboxylic acids is 1. The molecule has 1 amide bonds. The van der Waals surface area contributed by atoms with Gasteiger partial charge in [0.15, 0.2) is 0 Å². The van der Waals surface area contributed by atoms with E-state index in [9.17, 15) is 4.79 Å². The zero-order valence-corrected chi connectivity index (χ0v) is 26.8. The van der Waals surface area contributed by atoms with Crippen LogP contribution in [0.25, 0.3) is 22.5 Å². The molecule has 2 aromatic carbocycles. The number of hydrogen-bond acceptors (Lipinski definition) is 4. The SMILES string of the molecule is Cc1cc(-c2c[nH]c([C@H]3C[C@@H]4C[C@@H]4C3)n2)ccc1C#Cc1ccc(-c2c[nH]c([C@H]3C[C@H]4C[C@H]4N3C(=O)OC(C)(C)C)n2)cc1C. The predicted octanol–water partition coefficient (Wildman–Crippen LogP) is 8.07.